The van der Waals surface area contributed by atoms with Gasteiger partial charge in [0.2, 0.25) is 5.91 Å². The Morgan fingerprint density at radius 2 is 1.66 bits per heavy atom. The number of hydrogen-bond acceptors (Lipinski definition) is 4. The fourth-order valence-corrected chi connectivity index (χ4v) is 4.00. The lowest BCUT2D eigenvalue weighted by Gasteiger charge is -2.13. The standard InChI is InChI=1S/C21H16N4O4/c1-29-13-9-5-3-7-11(13)17-15(16-18(23-17)24-21(28)25-20(16)27)14-10-6-2-4-8-12(10)22-19(14)26/h2-9,14H,1H3,(H,22,26)(H3,23,24,25,27,28). The van der Waals surface area contributed by atoms with Crippen LogP contribution in [-0.2, 0) is 4.79 Å². The molecule has 0 saturated carbocycles. The second kappa shape index (κ2) is 6.23. The number of methoxy groups -OCH3 is 1. The van der Waals surface area contributed by atoms with Crippen LogP contribution < -0.4 is 21.3 Å². The number of carbonyl (C=O) groups excluding carboxylic acids is 1. The molecule has 1 aliphatic rings. The van der Waals surface area contributed by atoms with E-state index in [1.165, 1.54) is 0 Å². The van der Waals surface area contributed by atoms with Gasteiger partial charge in [-0.05, 0) is 23.8 Å². The van der Waals surface area contributed by atoms with Gasteiger partial charge in [-0.15, -0.1) is 0 Å². The van der Waals surface area contributed by atoms with E-state index in [1.54, 1.807) is 13.2 Å². The fourth-order valence-electron chi connectivity index (χ4n) is 4.00. The summed E-state index contributed by atoms with van der Waals surface area (Å²) in [6.07, 6.45) is 0. The van der Waals surface area contributed by atoms with E-state index in [0.717, 1.165) is 5.56 Å². The molecule has 144 valence electrons. The van der Waals surface area contributed by atoms with Crippen LogP contribution in [0.4, 0.5) is 5.69 Å². The summed E-state index contributed by atoms with van der Waals surface area (Å²) >= 11 is 0. The first-order valence-corrected chi connectivity index (χ1v) is 9.00. The van der Waals surface area contributed by atoms with Gasteiger partial charge in [0, 0.05) is 16.8 Å². The summed E-state index contributed by atoms with van der Waals surface area (Å²) < 4.78 is 5.49. The highest BCUT2D eigenvalue weighted by Gasteiger charge is 2.37. The Kier molecular flexibility index (Phi) is 3.67. The third kappa shape index (κ3) is 2.49. The zero-order valence-electron chi connectivity index (χ0n) is 15.3. The summed E-state index contributed by atoms with van der Waals surface area (Å²) in [5.74, 6) is -0.383. The maximum absolute atomic E-state index is 12.9. The SMILES string of the molecule is COc1ccccc1-c1[nH]c2[nH]c(=O)[nH]c(=O)c2c1C1C(=O)Nc2ccccc21. The molecule has 5 rings (SSSR count). The van der Waals surface area contributed by atoms with Gasteiger partial charge < -0.3 is 15.0 Å². The van der Waals surface area contributed by atoms with Crippen molar-refractivity contribution in [3.8, 4) is 17.0 Å². The van der Waals surface area contributed by atoms with Crippen molar-refractivity contribution < 1.29 is 9.53 Å². The summed E-state index contributed by atoms with van der Waals surface area (Å²) in [7, 11) is 1.55. The van der Waals surface area contributed by atoms with E-state index in [1.807, 2.05) is 42.5 Å². The number of anilines is 1. The molecule has 4 N–H and O–H groups in total. The minimum absolute atomic E-state index is 0.238. The summed E-state index contributed by atoms with van der Waals surface area (Å²) in [6.45, 7) is 0. The number of benzene rings is 2. The van der Waals surface area contributed by atoms with E-state index in [0.29, 0.717) is 28.3 Å². The van der Waals surface area contributed by atoms with Gasteiger partial charge in [-0.25, -0.2) is 4.79 Å². The first-order valence-electron chi connectivity index (χ1n) is 9.00. The van der Waals surface area contributed by atoms with Gasteiger partial charge >= 0.3 is 5.69 Å². The number of H-pyrrole nitrogens is 3. The second-order valence-electron chi connectivity index (χ2n) is 6.78. The number of para-hydroxylation sites is 2. The van der Waals surface area contributed by atoms with E-state index >= 15 is 0 Å². The molecule has 0 fully saturated rings. The molecule has 8 nitrogen and oxygen atoms in total. The minimum atomic E-state index is -0.716. The van der Waals surface area contributed by atoms with Crippen molar-refractivity contribution in [1.82, 2.24) is 15.0 Å². The molecule has 0 radical (unpaired) electrons. The first-order chi connectivity index (χ1) is 14.1. The topological polar surface area (TPSA) is 120 Å². The molecule has 0 saturated heterocycles. The van der Waals surface area contributed by atoms with Crippen molar-refractivity contribution in [2.45, 2.75) is 5.92 Å². The molecule has 0 spiro atoms. The third-order valence-electron chi connectivity index (χ3n) is 5.19. The zero-order valence-corrected chi connectivity index (χ0v) is 15.3. The van der Waals surface area contributed by atoms with Crippen LogP contribution >= 0.6 is 0 Å². The Bertz CT molecular complexity index is 1400. The summed E-state index contributed by atoms with van der Waals surface area (Å²) in [5.41, 5.74) is 2.24. The molecule has 1 unspecified atom stereocenters. The number of aromatic nitrogens is 3. The summed E-state index contributed by atoms with van der Waals surface area (Å²) in [4.78, 5) is 45.5. The minimum Gasteiger partial charge on any atom is -0.496 e. The molecule has 3 heterocycles. The van der Waals surface area contributed by atoms with Crippen LogP contribution in [0, 0.1) is 0 Å². The zero-order chi connectivity index (χ0) is 20.1. The van der Waals surface area contributed by atoms with E-state index < -0.39 is 17.2 Å². The highest BCUT2D eigenvalue weighted by molar-refractivity contribution is 6.09. The van der Waals surface area contributed by atoms with Gasteiger partial charge in [0.25, 0.3) is 5.56 Å². The first kappa shape index (κ1) is 17.1. The normalized spacial score (nSPS) is 15.3. The van der Waals surface area contributed by atoms with Crippen LogP contribution in [0.2, 0.25) is 0 Å². The number of fused-ring (bicyclic) bond motifs is 2. The molecular formula is C21H16N4O4. The molecule has 29 heavy (non-hydrogen) atoms. The van der Waals surface area contributed by atoms with Gasteiger partial charge in [-0.3, -0.25) is 19.6 Å². The monoisotopic (exact) mass is 388 g/mol. The van der Waals surface area contributed by atoms with Crippen LogP contribution in [0.5, 0.6) is 5.75 Å². The van der Waals surface area contributed by atoms with Crippen LogP contribution in [0.15, 0.2) is 58.1 Å². The maximum atomic E-state index is 12.9. The predicted molar refractivity (Wildman–Crippen MR) is 108 cm³/mol. The molecular weight excluding hydrogens is 372 g/mol. The van der Waals surface area contributed by atoms with Crippen LogP contribution in [0.1, 0.15) is 17.0 Å². The van der Waals surface area contributed by atoms with Gasteiger partial charge in [0.15, 0.2) is 0 Å². The van der Waals surface area contributed by atoms with Crippen molar-refractivity contribution in [1.29, 1.82) is 0 Å². The highest BCUT2D eigenvalue weighted by atomic mass is 16.5. The summed E-state index contributed by atoms with van der Waals surface area (Å²) in [6, 6.07) is 14.6. The highest BCUT2D eigenvalue weighted by Crippen LogP contribution is 2.44. The van der Waals surface area contributed by atoms with Crippen molar-refractivity contribution >= 4 is 22.6 Å². The van der Waals surface area contributed by atoms with Gasteiger partial charge in [0.05, 0.1) is 24.1 Å². The van der Waals surface area contributed by atoms with Crippen LogP contribution in [-0.4, -0.2) is 28.0 Å². The quantitative estimate of drug-likeness (QED) is 0.430. The Labute approximate surface area is 163 Å². The smallest absolute Gasteiger partial charge is 0.327 e. The number of nitrogens with one attached hydrogen (secondary N) is 4. The molecule has 0 aliphatic carbocycles. The lowest BCUT2D eigenvalue weighted by molar-refractivity contribution is -0.116. The average molecular weight is 388 g/mol. The van der Waals surface area contributed by atoms with E-state index in [-0.39, 0.29) is 16.9 Å². The van der Waals surface area contributed by atoms with Crippen molar-refractivity contribution in [2.24, 2.45) is 0 Å². The number of carbonyl (C=O) groups is 1. The lowest BCUT2D eigenvalue weighted by atomic mass is 9.89. The van der Waals surface area contributed by atoms with Crippen LogP contribution in [0.3, 0.4) is 0 Å². The third-order valence-corrected chi connectivity index (χ3v) is 5.19. The number of ether oxygens (including phenoxy) is 1. The number of rotatable bonds is 3. The molecule has 4 aromatic rings. The molecule has 1 amide bonds. The molecule has 2 aromatic carbocycles. The van der Waals surface area contributed by atoms with Gasteiger partial charge in [-0.2, -0.15) is 0 Å². The van der Waals surface area contributed by atoms with Crippen LogP contribution in [0.25, 0.3) is 22.3 Å². The Balaban J connectivity index is 1.91. The largest absolute Gasteiger partial charge is 0.496 e. The molecule has 0 bridgehead atoms. The van der Waals surface area contributed by atoms with E-state index in [4.69, 9.17) is 4.74 Å². The Morgan fingerprint density at radius 1 is 0.897 bits per heavy atom. The second-order valence-corrected chi connectivity index (χ2v) is 6.78. The van der Waals surface area contributed by atoms with Crippen molar-refractivity contribution in [3.05, 3.63) is 80.5 Å². The number of hydrogen-bond donors (Lipinski definition) is 4. The fraction of sp³-hybridized carbons (Fsp3) is 0.0952. The molecule has 1 atom stereocenters. The lowest BCUT2D eigenvalue weighted by Crippen LogP contribution is -2.23. The van der Waals surface area contributed by atoms with Crippen molar-refractivity contribution in [3.63, 3.8) is 0 Å². The Morgan fingerprint density at radius 3 is 2.48 bits per heavy atom. The Hall–Kier alpha value is -4.07. The number of amides is 1. The average Bonchev–Trinajstić information content (AvgIpc) is 3.24. The van der Waals surface area contributed by atoms with Crippen molar-refractivity contribution in [2.75, 3.05) is 12.4 Å². The van der Waals surface area contributed by atoms with Gasteiger partial charge in [-0.1, -0.05) is 30.3 Å². The van der Waals surface area contributed by atoms with E-state index in [2.05, 4.69) is 20.3 Å². The summed E-state index contributed by atoms with van der Waals surface area (Å²) in [5, 5.41) is 3.11. The molecule has 8 heteroatoms. The van der Waals surface area contributed by atoms with E-state index in [9.17, 15) is 14.4 Å². The maximum Gasteiger partial charge on any atom is 0.327 e. The molecule has 2 aromatic heterocycles. The molecule has 1 aliphatic heterocycles. The number of aromatic amines is 3. The predicted octanol–water partition coefficient (Wildman–Crippen LogP) is 2.30. The van der Waals surface area contributed by atoms with Gasteiger partial charge in [0.1, 0.15) is 11.4 Å².